The van der Waals surface area contributed by atoms with E-state index in [0.29, 0.717) is 6.42 Å². The molecule has 0 fully saturated rings. The minimum Gasteiger partial charge on any atom is -0.358 e. The van der Waals surface area contributed by atoms with Gasteiger partial charge in [-0.3, -0.25) is 9.78 Å². The lowest BCUT2D eigenvalue weighted by Crippen LogP contribution is -2.28. The number of pyridine rings is 1. The second kappa shape index (κ2) is 6.24. The number of carbonyl (C=O) groups excluding carboxylic acids is 1. The van der Waals surface area contributed by atoms with Gasteiger partial charge in [-0.25, -0.2) is 0 Å². The van der Waals surface area contributed by atoms with Crippen molar-refractivity contribution in [2.24, 2.45) is 0 Å². The van der Waals surface area contributed by atoms with E-state index in [1.807, 2.05) is 26.0 Å². The number of nitrogens with one attached hydrogen (secondary N) is 2. The topological polar surface area (TPSA) is 57.8 Å². The van der Waals surface area contributed by atoms with Crippen LogP contribution in [-0.4, -0.2) is 15.9 Å². The summed E-state index contributed by atoms with van der Waals surface area (Å²) in [6, 6.07) is 10.1. The maximum Gasteiger partial charge on any atom is 0.224 e. The molecule has 4 heteroatoms. The molecule has 1 atom stereocenters. The predicted octanol–water partition coefficient (Wildman–Crippen LogP) is 3.60. The van der Waals surface area contributed by atoms with Crippen LogP contribution in [0.25, 0.3) is 10.9 Å². The van der Waals surface area contributed by atoms with Crippen LogP contribution < -0.4 is 5.32 Å². The number of aromatic nitrogens is 2. The number of aryl methyl sites for hydroxylation is 2. The first-order valence-electron chi connectivity index (χ1n) is 7.81. The zero-order valence-electron chi connectivity index (χ0n) is 13.7. The molecular weight excluding hydrogens is 286 g/mol. The molecule has 0 saturated carbocycles. The van der Waals surface area contributed by atoms with Gasteiger partial charge < -0.3 is 10.3 Å². The third-order valence-corrected chi connectivity index (χ3v) is 4.20. The van der Waals surface area contributed by atoms with Crippen molar-refractivity contribution in [2.45, 2.75) is 33.2 Å². The number of carbonyl (C=O) groups is 1. The van der Waals surface area contributed by atoms with E-state index >= 15 is 0 Å². The van der Waals surface area contributed by atoms with Gasteiger partial charge >= 0.3 is 0 Å². The van der Waals surface area contributed by atoms with Crippen LogP contribution in [-0.2, 0) is 11.2 Å². The number of benzene rings is 1. The summed E-state index contributed by atoms with van der Waals surface area (Å²) in [6.07, 6.45) is 3.86. The summed E-state index contributed by atoms with van der Waals surface area (Å²) in [7, 11) is 0. The fraction of sp³-hybridized carbons (Fsp3) is 0.263. The molecule has 2 heterocycles. The molecule has 0 saturated heterocycles. The molecule has 1 amide bonds. The summed E-state index contributed by atoms with van der Waals surface area (Å²) in [6.45, 7) is 6.07. The lowest BCUT2D eigenvalue weighted by molar-refractivity contribution is -0.121. The minimum atomic E-state index is -0.0299. The highest BCUT2D eigenvalue weighted by atomic mass is 16.1. The predicted molar refractivity (Wildman–Crippen MR) is 92.3 cm³/mol. The Morgan fingerprint density at radius 2 is 1.96 bits per heavy atom. The quantitative estimate of drug-likeness (QED) is 0.773. The monoisotopic (exact) mass is 307 g/mol. The molecule has 0 radical (unpaired) electrons. The number of aromatic amines is 1. The highest BCUT2D eigenvalue weighted by molar-refractivity contribution is 5.90. The lowest BCUT2D eigenvalue weighted by atomic mass is 10.0. The van der Waals surface area contributed by atoms with Crippen LogP contribution in [0.15, 0.2) is 42.7 Å². The van der Waals surface area contributed by atoms with E-state index in [9.17, 15) is 4.79 Å². The Hall–Kier alpha value is -2.62. The fourth-order valence-electron chi connectivity index (χ4n) is 2.91. The number of nitrogens with zero attached hydrogens (tertiary/aromatic N) is 1. The van der Waals surface area contributed by atoms with Crippen LogP contribution in [0.5, 0.6) is 0 Å². The average Bonchev–Trinajstić information content (AvgIpc) is 2.84. The first-order valence-corrected chi connectivity index (χ1v) is 7.81. The molecule has 1 unspecified atom stereocenters. The van der Waals surface area contributed by atoms with Crippen molar-refractivity contribution in [1.82, 2.24) is 15.3 Å². The largest absolute Gasteiger partial charge is 0.358 e. The first kappa shape index (κ1) is 15.3. The SMILES string of the molecule is Cc1ccc2[nH]c(C)c(CC(=O)NC(C)c3ccncc3)c2c1. The molecule has 118 valence electrons. The van der Waals surface area contributed by atoms with Crippen molar-refractivity contribution in [3.05, 3.63) is 65.1 Å². The zero-order chi connectivity index (χ0) is 16.4. The normalized spacial score (nSPS) is 12.3. The highest BCUT2D eigenvalue weighted by Crippen LogP contribution is 2.24. The van der Waals surface area contributed by atoms with E-state index in [-0.39, 0.29) is 11.9 Å². The number of hydrogen-bond donors (Lipinski definition) is 2. The van der Waals surface area contributed by atoms with Gasteiger partial charge in [0.25, 0.3) is 0 Å². The van der Waals surface area contributed by atoms with Crippen LogP contribution in [0.1, 0.15) is 35.3 Å². The van der Waals surface area contributed by atoms with E-state index in [1.54, 1.807) is 12.4 Å². The summed E-state index contributed by atoms with van der Waals surface area (Å²) in [4.78, 5) is 19.8. The summed E-state index contributed by atoms with van der Waals surface area (Å²) < 4.78 is 0. The molecule has 23 heavy (non-hydrogen) atoms. The molecule has 0 aliphatic rings. The fourth-order valence-corrected chi connectivity index (χ4v) is 2.91. The lowest BCUT2D eigenvalue weighted by Gasteiger charge is -2.14. The van der Waals surface area contributed by atoms with Crippen LogP contribution in [0.3, 0.4) is 0 Å². The summed E-state index contributed by atoms with van der Waals surface area (Å²) >= 11 is 0. The molecule has 1 aromatic carbocycles. The van der Waals surface area contributed by atoms with E-state index in [0.717, 1.165) is 27.7 Å². The Balaban J connectivity index is 1.78. The number of rotatable bonds is 4. The van der Waals surface area contributed by atoms with Crippen molar-refractivity contribution in [3.8, 4) is 0 Å². The second-order valence-electron chi connectivity index (χ2n) is 6.02. The highest BCUT2D eigenvalue weighted by Gasteiger charge is 2.15. The Morgan fingerprint density at radius 3 is 2.70 bits per heavy atom. The molecule has 3 aromatic rings. The molecule has 3 rings (SSSR count). The number of amides is 1. The van der Waals surface area contributed by atoms with Crippen molar-refractivity contribution in [1.29, 1.82) is 0 Å². The van der Waals surface area contributed by atoms with Crippen LogP contribution in [0.4, 0.5) is 0 Å². The van der Waals surface area contributed by atoms with Gasteiger partial charge in [-0.2, -0.15) is 0 Å². The Kier molecular flexibility index (Phi) is 4.15. The van der Waals surface area contributed by atoms with Gasteiger partial charge in [-0.15, -0.1) is 0 Å². The van der Waals surface area contributed by atoms with E-state index in [2.05, 4.69) is 40.4 Å². The smallest absolute Gasteiger partial charge is 0.224 e. The van der Waals surface area contributed by atoms with Crippen LogP contribution >= 0.6 is 0 Å². The van der Waals surface area contributed by atoms with Crippen molar-refractivity contribution < 1.29 is 4.79 Å². The van der Waals surface area contributed by atoms with Crippen molar-refractivity contribution in [2.75, 3.05) is 0 Å². The van der Waals surface area contributed by atoms with Crippen LogP contribution in [0, 0.1) is 13.8 Å². The molecule has 0 spiro atoms. The van der Waals surface area contributed by atoms with E-state index < -0.39 is 0 Å². The minimum absolute atomic E-state index is 0.0276. The third kappa shape index (κ3) is 3.26. The van der Waals surface area contributed by atoms with Gasteiger partial charge in [0, 0.05) is 29.0 Å². The first-order chi connectivity index (χ1) is 11.0. The number of H-pyrrole nitrogens is 1. The van der Waals surface area contributed by atoms with E-state index in [1.165, 1.54) is 5.56 Å². The number of fused-ring (bicyclic) bond motifs is 1. The summed E-state index contributed by atoms with van der Waals surface area (Å²) in [5.41, 5.74) is 5.46. The summed E-state index contributed by atoms with van der Waals surface area (Å²) in [5, 5.41) is 4.19. The van der Waals surface area contributed by atoms with Gasteiger partial charge in [-0.05, 0) is 56.2 Å². The number of hydrogen-bond acceptors (Lipinski definition) is 2. The van der Waals surface area contributed by atoms with Gasteiger partial charge in [0.2, 0.25) is 5.91 Å². The molecule has 4 nitrogen and oxygen atoms in total. The van der Waals surface area contributed by atoms with Crippen molar-refractivity contribution in [3.63, 3.8) is 0 Å². The van der Waals surface area contributed by atoms with Gasteiger partial charge in [0.1, 0.15) is 0 Å². The maximum absolute atomic E-state index is 12.4. The Labute approximate surface area is 136 Å². The zero-order valence-corrected chi connectivity index (χ0v) is 13.7. The Morgan fingerprint density at radius 1 is 1.22 bits per heavy atom. The summed E-state index contributed by atoms with van der Waals surface area (Å²) in [5.74, 6) is 0.0276. The molecule has 0 aliphatic carbocycles. The second-order valence-corrected chi connectivity index (χ2v) is 6.02. The molecule has 2 aromatic heterocycles. The van der Waals surface area contributed by atoms with Crippen LogP contribution in [0.2, 0.25) is 0 Å². The van der Waals surface area contributed by atoms with Gasteiger partial charge in [0.15, 0.2) is 0 Å². The molecule has 0 aliphatic heterocycles. The molecular formula is C19H21N3O. The maximum atomic E-state index is 12.4. The third-order valence-electron chi connectivity index (χ3n) is 4.20. The van der Waals surface area contributed by atoms with Gasteiger partial charge in [0.05, 0.1) is 12.5 Å². The standard InChI is InChI=1S/C19H21N3O/c1-12-4-5-18-17(10-12)16(14(3)21-18)11-19(23)22-13(2)15-6-8-20-9-7-15/h4-10,13,21H,11H2,1-3H3,(H,22,23). The van der Waals surface area contributed by atoms with Gasteiger partial charge in [-0.1, -0.05) is 11.6 Å². The molecule has 0 bridgehead atoms. The van der Waals surface area contributed by atoms with Crippen molar-refractivity contribution >= 4 is 16.8 Å². The average molecular weight is 307 g/mol. The van der Waals surface area contributed by atoms with E-state index in [4.69, 9.17) is 0 Å². The Bertz CT molecular complexity index is 836. The molecule has 2 N–H and O–H groups in total.